The van der Waals surface area contributed by atoms with Crippen molar-refractivity contribution in [1.82, 2.24) is 9.78 Å². The Kier molecular flexibility index (Phi) is 4.92. The first-order chi connectivity index (χ1) is 9.97. The summed E-state index contributed by atoms with van der Waals surface area (Å²) < 4.78 is 34.6. The van der Waals surface area contributed by atoms with Gasteiger partial charge in [0.05, 0.1) is 36.1 Å². The quantitative estimate of drug-likeness (QED) is 0.923. The number of nitrogens with two attached hydrogens (primary N) is 1. The van der Waals surface area contributed by atoms with Crippen LogP contribution in [0.2, 0.25) is 5.02 Å². The standard InChI is InChI=1S/C14H16ClF2N3O/c1-8-3-4-10(16)11(12(8)17)13(18)14-9(15)7-19-20(14)5-6-21-2/h3-4,7,13H,5-6,18H2,1-2H3. The van der Waals surface area contributed by atoms with Gasteiger partial charge in [0.25, 0.3) is 0 Å². The summed E-state index contributed by atoms with van der Waals surface area (Å²) in [6, 6.07) is 1.51. The maximum absolute atomic E-state index is 14.2. The highest BCUT2D eigenvalue weighted by Gasteiger charge is 2.25. The Morgan fingerprint density at radius 1 is 1.43 bits per heavy atom. The van der Waals surface area contributed by atoms with E-state index < -0.39 is 17.7 Å². The van der Waals surface area contributed by atoms with Crippen molar-refractivity contribution in [3.63, 3.8) is 0 Å². The monoisotopic (exact) mass is 315 g/mol. The normalized spacial score (nSPS) is 12.7. The summed E-state index contributed by atoms with van der Waals surface area (Å²) in [4.78, 5) is 0. The fourth-order valence-electron chi connectivity index (χ4n) is 2.14. The first-order valence-corrected chi connectivity index (χ1v) is 6.75. The molecule has 0 aliphatic carbocycles. The molecule has 2 rings (SSSR count). The van der Waals surface area contributed by atoms with Gasteiger partial charge in [-0.05, 0) is 18.6 Å². The largest absolute Gasteiger partial charge is 0.383 e. The number of methoxy groups -OCH3 is 1. The molecule has 1 aromatic carbocycles. The number of hydrogen-bond donors (Lipinski definition) is 1. The van der Waals surface area contributed by atoms with E-state index in [2.05, 4.69) is 5.10 Å². The van der Waals surface area contributed by atoms with Gasteiger partial charge in [0.2, 0.25) is 0 Å². The highest BCUT2D eigenvalue weighted by Crippen LogP contribution is 2.30. The second-order valence-corrected chi connectivity index (χ2v) is 5.07. The van der Waals surface area contributed by atoms with E-state index >= 15 is 0 Å². The molecule has 7 heteroatoms. The van der Waals surface area contributed by atoms with E-state index in [1.807, 2.05) is 0 Å². The molecule has 1 aromatic heterocycles. The summed E-state index contributed by atoms with van der Waals surface area (Å²) in [6.07, 6.45) is 1.40. The summed E-state index contributed by atoms with van der Waals surface area (Å²) in [5.74, 6) is -1.38. The zero-order chi connectivity index (χ0) is 15.6. The lowest BCUT2D eigenvalue weighted by Crippen LogP contribution is -2.22. The van der Waals surface area contributed by atoms with Crippen molar-refractivity contribution >= 4 is 11.6 Å². The molecule has 0 spiro atoms. The Labute approximate surface area is 126 Å². The van der Waals surface area contributed by atoms with Crippen LogP contribution in [0.5, 0.6) is 0 Å². The maximum Gasteiger partial charge on any atom is 0.134 e. The van der Waals surface area contributed by atoms with Crippen LogP contribution in [0.3, 0.4) is 0 Å². The van der Waals surface area contributed by atoms with Gasteiger partial charge in [-0.3, -0.25) is 4.68 Å². The predicted octanol–water partition coefficient (Wildman–Crippen LogP) is 2.82. The molecule has 1 atom stereocenters. The Morgan fingerprint density at radius 2 is 2.14 bits per heavy atom. The zero-order valence-electron chi connectivity index (χ0n) is 11.7. The number of halogens is 3. The summed E-state index contributed by atoms with van der Waals surface area (Å²) in [6.45, 7) is 2.33. The molecule has 0 saturated carbocycles. The summed E-state index contributed by atoms with van der Waals surface area (Å²) in [5.41, 5.74) is 6.51. The second kappa shape index (κ2) is 6.51. The van der Waals surface area contributed by atoms with Crippen LogP contribution in [-0.4, -0.2) is 23.5 Å². The lowest BCUT2D eigenvalue weighted by molar-refractivity contribution is 0.182. The van der Waals surface area contributed by atoms with Crippen LogP contribution in [0.4, 0.5) is 8.78 Å². The minimum Gasteiger partial charge on any atom is -0.383 e. The SMILES string of the molecule is COCCn1ncc(Cl)c1C(N)c1c(F)ccc(C)c1F. The average molecular weight is 316 g/mol. The topological polar surface area (TPSA) is 53.1 Å². The van der Waals surface area contributed by atoms with Gasteiger partial charge >= 0.3 is 0 Å². The van der Waals surface area contributed by atoms with E-state index in [4.69, 9.17) is 22.1 Å². The van der Waals surface area contributed by atoms with Gasteiger partial charge in [-0.1, -0.05) is 17.7 Å². The molecule has 0 aliphatic heterocycles. The van der Waals surface area contributed by atoms with Gasteiger partial charge < -0.3 is 10.5 Å². The average Bonchev–Trinajstić information content (AvgIpc) is 2.82. The number of aromatic nitrogens is 2. The Balaban J connectivity index is 2.48. The van der Waals surface area contributed by atoms with Crippen LogP contribution in [-0.2, 0) is 11.3 Å². The van der Waals surface area contributed by atoms with E-state index in [0.29, 0.717) is 24.4 Å². The maximum atomic E-state index is 14.2. The number of nitrogens with zero attached hydrogens (tertiary/aromatic N) is 2. The number of rotatable bonds is 5. The van der Waals surface area contributed by atoms with Crippen molar-refractivity contribution in [2.24, 2.45) is 5.73 Å². The van der Waals surface area contributed by atoms with E-state index in [1.165, 1.54) is 23.0 Å². The third kappa shape index (κ3) is 3.07. The number of benzene rings is 1. The first kappa shape index (κ1) is 15.9. The molecule has 0 bridgehead atoms. The molecule has 0 amide bonds. The van der Waals surface area contributed by atoms with Crippen molar-refractivity contribution in [1.29, 1.82) is 0 Å². The van der Waals surface area contributed by atoms with Gasteiger partial charge in [-0.2, -0.15) is 5.10 Å². The van der Waals surface area contributed by atoms with Crippen molar-refractivity contribution < 1.29 is 13.5 Å². The van der Waals surface area contributed by atoms with Gasteiger partial charge in [0, 0.05) is 12.7 Å². The lowest BCUT2D eigenvalue weighted by Gasteiger charge is -2.17. The van der Waals surface area contributed by atoms with Crippen LogP contribution in [0.25, 0.3) is 0 Å². The zero-order valence-corrected chi connectivity index (χ0v) is 12.5. The minimum atomic E-state index is -1.04. The molecule has 0 radical (unpaired) electrons. The third-order valence-corrected chi connectivity index (χ3v) is 3.56. The fourth-order valence-corrected chi connectivity index (χ4v) is 2.40. The Bertz CT molecular complexity index is 645. The van der Waals surface area contributed by atoms with Crippen molar-refractivity contribution in [2.75, 3.05) is 13.7 Å². The van der Waals surface area contributed by atoms with Crippen LogP contribution < -0.4 is 5.73 Å². The lowest BCUT2D eigenvalue weighted by atomic mass is 10.0. The summed E-state index contributed by atoms with van der Waals surface area (Å²) in [5, 5.41) is 4.32. The van der Waals surface area contributed by atoms with Gasteiger partial charge in [0.15, 0.2) is 0 Å². The molecule has 114 valence electrons. The number of aryl methyl sites for hydroxylation is 1. The highest BCUT2D eigenvalue weighted by molar-refractivity contribution is 6.31. The van der Waals surface area contributed by atoms with Gasteiger partial charge in [0.1, 0.15) is 11.6 Å². The van der Waals surface area contributed by atoms with E-state index in [1.54, 1.807) is 14.0 Å². The molecule has 2 aromatic rings. The third-order valence-electron chi connectivity index (χ3n) is 3.27. The second-order valence-electron chi connectivity index (χ2n) is 4.66. The molecular formula is C14H16ClF2N3O. The number of ether oxygens (including phenoxy) is 1. The van der Waals surface area contributed by atoms with E-state index in [0.717, 1.165) is 0 Å². The molecule has 4 nitrogen and oxygen atoms in total. The Morgan fingerprint density at radius 3 is 2.81 bits per heavy atom. The van der Waals surface area contributed by atoms with Gasteiger partial charge in [-0.15, -0.1) is 0 Å². The molecule has 0 aliphatic rings. The Hall–Kier alpha value is -1.50. The molecule has 0 saturated heterocycles. The smallest absolute Gasteiger partial charge is 0.134 e. The van der Waals surface area contributed by atoms with Crippen LogP contribution >= 0.6 is 11.6 Å². The molecule has 1 unspecified atom stereocenters. The van der Waals surface area contributed by atoms with Crippen LogP contribution in [0.1, 0.15) is 22.9 Å². The molecule has 2 N–H and O–H groups in total. The predicted molar refractivity (Wildman–Crippen MR) is 76.2 cm³/mol. The summed E-state index contributed by atoms with van der Waals surface area (Å²) in [7, 11) is 1.55. The molecule has 21 heavy (non-hydrogen) atoms. The van der Waals surface area contributed by atoms with Crippen LogP contribution in [0, 0.1) is 18.6 Å². The van der Waals surface area contributed by atoms with E-state index in [-0.39, 0.29) is 10.6 Å². The van der Waals surface area contributed by atoms with Crippen molar-refractivity contribution in [3.8, 4) is 0 Å². The first-order valence-electron chi connectivity index (χ1n) is 6.37. The molecule has 1 heterocycles. The number of hydrogen-bond acceptors (Lipinski definition) is 3. The fraction of sp³-hybridized carbons (Fsp3) is 0.357. The molecular weight excluding hydrogens is 300 g/mol. The van der Waals surface area contributed by atoms with Crippen molar-refractivity contribution in [2.45, 2.75) is 19.5 Å². The highest BCUT2D eigenvalue weighted by atomic mass is 35.5. The molecule has 0 fully saturated rings. The van der Waals surface area contributed by atoms with Gasteiger partial charge in [-0.25, -0.2) is 8.78 Å². The van der Waals surface area contributed by atoms with Crippen LogP contribution in [0.15, 0.2) is 18.3 Å². The van der Waals surface area contributed by atoms with E-state index in [9.17, 15) is 8.78 Å². The summed E-state index contributed by atoms with van der Waals surface area (Å²) >= 11 is 6.06. The minimum absolute atomic E-state index is 0.212. The van der Waals surface area contributed by atoms with Crippen molar-refractivity contribution in [3.05, 3.63) is 51.8 Å².